The summed E-state index contributed by atoms with van der Waals surface area (Å²) in [6.45, 7) is 5.30. The SMILES string of the molecule is CCCCCCCCCC/C=C\CSC(=O)CCCCCCCC(CCCC)OC(=O)CCCNC. The minimum Gasteiger partial charge on any atom is -0.462 e. The highest BCUT2D eigenvalue weighted by Gasteiger charge is 2.13. The molecule has 0 fully saturated rings. The lowest BCUT2D eigenvalue weighted by Gasteiger charge is -2.18. The monoisotopic (exact) mass is 525 g/mol. The summed E-state index contributed by atoms with van der Waals surface area (Å²) in [5.41, 5.74) is 0. The van der Waals surface area contributed by atoms with Crippen molar-refractivity contribution in [3.05, 3.63) is 12.2 Å². The summed E-state index contributed by atoms with van der Waals surface area (Å²) in [5.74, 6) is 0.772. The Morgan fingerprint density at radius 3 is 2.03 bits per heavy atom. The normalized spacial score (nSPS) is 12.3. The van der Waals surface area contributed by atoms with E-state index < -0.39 is 0 Å². The Kier molecular flexibility index (Phi) is 28.1. The second kappa shape index (κ2) is 28.8. The molecule has 0 spiro atoms. The second-order valence-electron chi connectivity index (χ2n) is 10.2. The number of esters is 1. The van der Waals surface area contributed by atoms with Crippen LogP contribution in [0, 0.1) is 0 Å². The number of carbonyl (C=O) groups is 2. The van der Waals surface area contributed by atoms with Gasteiger partial charge < -0.3 is 10.1 Å². The van der Waals surface area contributed by atoms with Crippen LogP contribution in [0.3, 0.4) is 0 Å². The first-order valence-corrected chi connectivity index (χ1v) is 16.3. The standard InChI is InChI=1S/C31H59NO3S/c1-4-6-8-9-10-11-12-13-14-18-21-28-36-31(34)26-20-17-15-16-19-24-29(23-7-5-2)35-30(33)25-22-27-32-3/h18,21,29,32H,4-17,19-20,22-28H2,1-3H3/b21-18-. The Morgan fingerprint density at radius 1 is 0.722 bits per heavy atom. The van der Waals surface area contributed by atoms with E-state index in [1.54, 1.807) is 0 Å². The molecule has 5 heteroatoms. The molecule has 0 aromatic rings. The lowest BCUT2D eigenvalue weighted by molar-refractivity contribution is -0.150. The fraction of sp³-hybridized carbons (Fsp3) is 0.871. The average molecular weight is 526 g/mol. The Hall–Kier alpha value is -0.810. The molecule has 1 unspecified atom stereocenters. The van der Waals surface area contributed by atoms with E-state index in [4.69, 9.17) is 4.74 Å². The van der Waals surface area contributed by atoms with E-state index in [1.165, 1.54) is 63.1 Å². The molecule has 0 aliphatic rings. The van der Waals surface area contributed by atoms with E-state index >= 15 is 0 Å². The maximum absolute atomic E-state index is 12.1. The molecule has 4 nitrogen and oxygen atoms in total. The molecular formula is C31H59NO3S. The predicted molar refractivity (Wildman–Crippen MR) is 159 cm³/mol. The van der Waals surface area contributed by atoms with Crippen LogP contribution >= 0.6 is 11.8 Å². The quantitative estimate of drug-likeness (QED) is 0.0658. The van der Waals surface area contributed by atoms with Crippen LogP contribution in [0.4, 0.5) is 0 Å². The third kappa shape index (κ3) is 26.3. The van der Waals surface area contributed by atoms with Gasteiger partial charge in [-0.15, -0.1) is 0 Å². The second-order valence-corrected chi connectivity index (χ2v) is 11.3. The molecule has 0 amide bonds. The lowest BCUT2D eigenvalue weighted by Crippen LogP contribution is -2.19. The van der Waals surface area contributed by atoms with Gasteiger partial charge in [0.05, 0.1) is 0 Å². The topological polar surface area (TPSA) is 55.4 Å². The summed E-state index contributed by atoms with van der Waals surface area (Å²) in [5, 5.41) is 3.40. The minimum atomic E-state index is -0.0506. The molecule has 212 valence electrons. The van der Waals surface area contributed by atoms with E-state index in [9.17, 15) is 9.59 Å². The van der Waals surface area contributed by atoms with Crippen LogP contribution in [0.15, 0.2) is 12.2 Å². The van der Waals surface area contributed by atoms with E-state index in [0.29, 0.717) is 18.0 Å². The number of allylic oxidation sites excluding steroid dienone is 1. The third-order valence-electron chi connectivity index (χ3n) is 6.62. The maximum Gasteiger partial charge on any atom is 0.306 e. The van der Waals surface area contributed by atoms with Crippen molar-refractivity contribution in [2.24, 2.45) is 0 Å². The van der Waals surface area contributed by atoms with E-state index in [-0.39, 0.29) is 12.1 Å². The van der Waals surface area contributed by atoms with Crippen LogP contribution in [-0.2, 0) is 14.3 Å². The Labute approximate surface area is 228 Å². The third-order valence-corrected chi connectivity index (χ3v) is 7.51. The first kappa shape index (κ1) is 35.2. The number of rotatable bonds is 27. The van der Waals surface area contributed by atoms with E-state index in [1.807, 2.05) is 7.05 Å². The molecule has 0 aromatic heterocycles. The first-order chi connectivity index (χ1) is 17.6. The molecule has 0 aromatic carbocycles. The van der Waals surface area contributed by atoms with Gasteiger partial charge in [-0.25, -0.2) is 0 Å². The highest BCUT2D eigenvalue weighted by molar-refractivity contribution is 8.13. The molecule has 0 aliphatic heterocycles. The fourth-order valence-electron chi connectivity index (χ4n) is 4.32. The molecule has 0 radical (unpaired) electrons. The van der Waals surface area contributed by atoms with Gasteiger partial charge >= 0.3 is 5.97 Å². The summed E-state index contributed by atoms with van der Waals surface area (Å²) in [6, 6.07) is 0. The first-order valence-electron chi connectivity index (χ1n) is 15.3. The molecule has 36 heavy (non-hydrogen) atoms. The number of carbonyl (C=O) groups excluding carboxylic acids is 2. The molecular weight excluding hydrogens is 466 g/mol. The van der Waals surface area contributed by atoms with E-state index in [2.05, 4.69) is 31.3 Å². The van der Waals surface area contributed by atoms with Crippen LogP contribution in [0.25, 0.3) is 0 Å². The van der Waals surface area contributed by atoms with Crippen molar-refractivity contribution in [3.8, 4) is 0 Å². The van der Waals surface area contributed by atoms with Gasteiger partial charge in [0.25, 0.3) is 0 Å². The van der Waals surface area contributed by atoms with Gasteiger partial charge in [-0.2, -0.15) is 0 Å². The number of nitrogens with one attached hydrogen (secondary N) is 1. The van der Waals surface area contributed by atoms with Gasteiger partial charge in [0.15, 0.2) is 5.12 Å². The summed E-state index contributed by atoms with van der Waals surface area (Å²) >= 11 is 1.47. The summed E-state index contributed by atoms with van der Waals surface area (Å²) in [6.07, 6.45) is 28.3. The van der Waals surface area contributed by atoms with Crippen molar-refractivity contribution < 1.29 is 14.3 Å². The minimum absolute atomic E-state index is 0.0506. The Morgan fingerprint density at radius 2 is 1.33 bits per heavy atom. The van der Waals surface area contributed by atoms with Gasteiger partial charge in [-0.1, -0.05) is 115 Å². The Bertz CT molecular complexity index is 524. The van der Waals surface area contributed by atoms with Crippen LogP contribution in [0.2, 0.25) is 0 Å². The molecule has 0 bridgehead atoms. The smallest absolute Gasteiger partial charge is 0.306 e. The Balaban J connectivity index is 3.64. The van der Waals surface area contributed by atoms with Crippen LogP contribution < -0.4 is 5.32 Å². The molecule has 0 saturated heterocycles. The zero-order chi connectivity index (χ0) is 26.5. The number of thioether (sulfide) groups is 1. The predicted octanol–water partition coefficient (Wildman–Crippen LogP) is 9.17. The highest BCUT2D eigenvalue weighted by Crippen LogP contribution is 2.17. The van der Waals surface area contributed by atoms with Crippen molar-refractivity contribution >= 4 is 22.8 Å². The van der Waals surface area contributed by atoms with Crippen molar-refractivity contribution in [1.29, 1.82) is 0 Å². The van der Waals surface area contributed by atoms with Crippen molar-refractivity contribution in [3.63, 3.8) is 0 Å². The van der Waals surface area contributed by atoms with Crippen LogP contribution in [-0.4, -0.2) is 36.5 Å². The van der Waals surface area contributed by atoms with Gasteiger partial charge in [-0.05, 0) is 58.5 Å². The van der Waals surface area contributed by atoms with Gasteiger partial charge in [0, 0.05) is 18.6 Å². The molecule has 1 atom stereocenters. The zero-order valence-corrected chi connectivity index (χ0v) is 24.9. The summed E-state index contributed by atoms with van der Waals surface area (Å²) in [7, 11) is 1.90. The highest BCUT2D eigenvalue weighted by atomic mass is 32.2. The summed E-state index contributed by atoms with van der Waals surface area (Å²) < 4.78 is 5.73. The van der Waals surface area contributed by atoms with Gasteiger partial charge in [0.2, 0.25) is 0 Å². The number of ether oxygens (including phenoxy) is 1. The number of hydrogen-bond donors (Lipinski definition) is 1. The number of unbranched alkanes of at least 4 members (excludes halogenated alkanes) is 13. The van der Waals surface area contributed by atoms with Crippen molar-refractivity contribution in [2.75, 3.05) is 19.3 Å². The van der Waals surface area contributed by atoms with Crippen molar-refractivity contribution in [2.45, 2.75) is 155 Å². The zero-order valence-electron chi connectivity index (χ0n) is 24.1. The van der Waals surface area contributed by atoms with Crippen LogP contribution in [0.1, 0.15) is 149 Å². The van der Waals surface area contributed by atoms with Crippen molar-refractivity contribution in [1.82, 2.24) is 5.32 Å². The van der Waals surface area contributed by atoms with Gasteiger partial charge in [-0.3, -0.25) is 9.59 Å². The molecule has 0 rings (SSSR count). The number of hydrogen-bond acceptors (Lipinski definition) is 5. The van der Waals surface area contributed by atoms with E-state index in [0.717, 1.165) is 82.9 Å². The van der Waals surface area contributed by atoms with Gasteiger partial charge in [0.1, 0.15) is 6.10 Å². The van der Waals surface area contributed by atoms with Crippen LogP contribution in [0.5, 0.6) is 0 Å². The lowest BCUT2D eigenvalue weighted by atomic mass is 10.0. The summed E-state index contributed by atoms with van der Waals surface area (Å²) in [4.78, 5) is 24.1. The molecule has 0 saturated carbocycles. The maximum atomic E-state index is 12.1. The molecule has 0 heterocycles. The largest absolute Gasteiger partial charge is 0.462 e. The molecule has 0 aliphatic carbocycles. The molecule has 1 N–H and O–H groups in total. The average Bonchev–Trinajstić information content (AvgIpc) is 2.87. The fourth-order valence-corrected chi connectivity index (χ4v) is 5.02.